The monoisotopic (exact) mass is 215 g/mol. The predicted molar refractivity (Wildman–Crippen MR) is 67.3 cm³/mol. The second kappa shape index (κ2) is 9.17. The molecule has 0 saturated carbocycles. The molecule has 0 saturated heterocycles. The number of methoxy groups -OCH3 is 1. The van der Waals surface area contributed by atoms with Crippen LogP contribution in [0.25, 0.3) is 0 Å². The van der Waals surface area contributed by atoms with Gasteiger partial charge in [0.05, 0.1) is 6.61 Å². The lowest BCUT2D eigenvalue weighted by Gasteiger charge is -2.32. The van der Waals surface area contributed by atoms with Gasteiger partial charge in [-0.05, 0) is 19.9 Å². The number of hydrogen-bond acceptors (Lipinski definition) is 2. The molecule has 0 heterocycles. The van der Waals surface area contributed by atoms with E-state index in [-0.39, 0.29) is 0 Å². The Morgan fingerprint density at radius 2 is 1.87 bits per heavy atom. The summed E-state index contributed by atoms with van der Waals surface area (Å²) in [6.07, 6.45) is 7.88. The molecule has 0 rings (SSSR count). The minimum absolute atomic E-state index is 0.358. The normalized spacial score (nSPS) is 15.2. The Morgan fingerprint density at radius 1 is 1.13 bits per heavy atom. The number of hydrogen-bond donors (Lipinski definition) is 1. The third-order valence-corrected chi connectivity index (χ3v) is 3.31. The van der Waals surface area contributed by atoms with Crippen LogP contribution in [-0.4, -0.2) is 27.3 Å². The van der Waals surface area contributed by atoms with Gasteiger partial charge in [0.1, 0.15) is 0 Å². The van der Waals surface area contributed by atoms with E-state index in [0.717, 1.165) is 13.2 Å². The van der Waals surface area contributed by atoms with E-state index < -0.39 is 0 Å². The lowest BCUT2D eigenvalue weighted by atomic mass is 9.80. The van der Waals surface area contributed by atoms with Crippen LogP contribution < -0.4 is 5.32 Å². The van der Waals surface area contributed by atoms with E-state index in [0.29, 0.717) is 5.41 Å². The molecule has 0 amide bonds. The standard InChI is InChI=1S/C13H29NO/c1-5-7-8-9-10-13(6-2,11-14-3)12-15-4/h14H,5-12H2,1-4H3. The highest BCUT2D eigenvalue weighted by Crippen LogP contribution is 2.28. The maximum atomic E-state index is 5.37. The third-order valence-electron chi connectivity index (χ3n) is 3.31. The average Bonchev–Trinajstić information content (AvgIpc) is 2.25. The van der Waals surface area contributed by atoms with Crippen LogP contribution >= 0.6 is 0 Å². The SMILES string of the molecule is CCCCCCC(CC)(CNC)COC. The van der Waals surface area contributed by atoms with Gasteiger partial charge < -0.3 is 10.1 Å². The summed E-state index contributed by atoms with van der Waals surface area (Å²) in [5, 5.41) is 3.31. The molecule has 0 bridgehead atoms. The smallest absolute Gasteiger partial charge is 0.0530 e. The molecule has 92 valence electrons. The van der Waals surface area contributed by atoms with Crippen molar-refractivity contribution in [2.24, 2.45) is 5.41 Å². The zero-order valence-electron chi connectivity index (χ0n) is 11.1. The average molecular weight is 215 g/mol. The Morgan fingerprint density at radius 3 is 2.33 bits per heavy atom. The van der Waals surface area contributed by atoms with Crippen molar-refractivity contribution in [1.29, 1.82) is 0 Å². The fraction of sp³-hybridized carbons (Fsp3) is 1.00. The topological polar surface area (TPSA) is 21.3 Å². The number of unbranched alkanes of at least 4 members (excludes halogenated alkanes) is 3. The quantitative estimate of drug-likeness (QED) is 0.565. The Hall–Kier alpha value is -0.0800. The summed E-state index contributed by atoms with van der Waals surface area (Å²) >= 11 is 0. The third kappa shape index (κ3) is 6.16. The summed E-state index contributed by atoms with van der Waals surface area (Å²) < 4.78 is 5.37. The van der Waals surface area contributed by atoms with Gasteiger partial charge in [0, 0.05) is 19.1 Å². The van der Waals surface area contributed by atoms with Crippen molar-refractivity contribution in [2.45, 2.75) is 52.4 Å². The van der Waals surface area contributed by atoms with Crippen molar-refractivity contribution in [2.75, 3.05) is 27.3 Å². The molecule has 0 aromatic heterocycles. The lowest BCUT2D eigenvalue weighted by molar-refractivity contribution is 0.0672. The zero-order chi connectivity index (χ0) is 11.6. The van der Waals surface area contributed by atoms with Gasteiger partial charge in [-0.3, -0.25) is 0 Å². The molecule has 0 spiro atoms. The molecule has 0 aromatic carbocycles. The lowest BCUT2D eigenvalue weighted by Crippen LogP contribution is -2.36. The van der Waals surface area contributed by atoms with Crippen LogP contribution in [0.5, 0.6) is 0 Å². The molecule has 2 nitrogen and oxygen atoms in total. The Balaban J connectivity index is 3.96. The molecule has 0 aliphatic heterocycles. The second-order valence-electron chi connectivity index (χ2n) is 4.63. The molecule has 0 aromatic rings. The fourth-order valence-electron chi connectivity index (χ4n) is 2.22. The first-order valence-electron chi connectivity index (χ1n) is 6.38. The highest BCUT2D eigenvalue weighted by molar-refractivity contribution is 4.79. The number of rotatable bonds is 10. The molecule has 15 heavy (non-hydrogen) atoms. The van der Waals surface area contributed by atoms with Crippen molar-refractivity contribution in [3.63, 3.8) is 0 Å². The van der Waals surface area contributed by atoms with E-state index in [4.69, 9.17) is 4.74 Å². The van der Waals surface area contributed by atoms with Crippen LogP contribution in [0.3, 0.4) is 0 Å². The van der Waals surface area contributed by atoms with Crippen LogP contribution in [0.15, 0.2) is 0 Å². The summed E-state index contributed by atoms with van der Waals surface area (Å²) in [4.78, 5) is 0. The first-order valence-corrected chi connectivity index (χ1v) is 6.38. The summed E-state index contributed by atoms with van der Waals surface area (Å²) in [5.41, 5.74) is 0.358. The second-order valence-corrected chi connectivity index (χ2v) is 4.63. The van der Waals surface area contributed by atoms with Crippen molar-refractivity contribution in [1.82, 2.24) is 5.32 Å². The van der Waals surface area contributed by atoms with Gasteiger partial charge in [0.15, 0.2) is 0 Å². The van der Waals surface area contributed by atoms with E-state index in [1.807, 2.05) is 14.2 Å². The van der Waals surface area contributed by atoms with Gasteiger partial charge in [0.2, 0.25) is 0 Å². The minimum atomic E-state index is 0.358. The fourth-order valence-corrected chi connectivity index (χ4v) is 2.22. The Bertz CT molecular complexity index is 130. The number of nitrogens with one attached hydrogen (secondary N) is 1. The van der Waals surface area contributed by atoms with Crippen LogP contribution in [-0.2, 0) is 4.74 Å². The summed E-state index contributed by atoms with van der Waals surface area (Å²) in [6.45, 7) is 6.49. The van der Waals surface area contributed by atoms with Crippen molar-refractivity contribution < 1.29 is 4.74 Å². The van der Waals surface area contributed by atoms with Crippen LogP contribution in [0, 0.1) is 5.41 Å². The Labute approximate surface area is 95.8 Å². The molecule has 2 heteroatoms. The van der Waals surface area contributed by atoms with E-state index in [1.54, 1.807) is 0 Å². The molecule has 1 N–H and O–H groups in total. The first kappa shape index (κ1) is 14.9. The zero-order valence-corrected chi connectivity index (χ0v) is 11.1. The van der Waals surface area contributed by atoms with Crippen molar-refractivity contribution in [3.05, 3.63) is 0 Å². The maximum Gasteiger partial charge on any atom is 0.0530 e. The predicted octanol–water partition coefficient (Wildman–Crippen LogP) is 3.22. The minimum Gasteiger partial charge on any atom is -0.384 e. The summed E-state index contributed by atoms with van der Waals surface area (Å²) in [5.74, 6) is 0. The summed E-state index contributed by atoms with van der Waals surface area (Å²) in [7, 11) is 3.85. The van der Waals surface area contributed by atoms with Crippen molar-refractivity contribution in [3.8, 4) is 0 Å². The van der Waals surface area contributed by atoms with E-state index >= 15 is 0 Å². The Kier molecular flexibility index (Phi) is 9.12. The molecular formula is C13H29NO. The van der Waals surface area contributed by atoms with Gasteiger partial charge in [0.25, 0.3) is 0 Å². The maximum absolute atomic E-state index is 5.37. The van der Waals surface area contributed by atoms with Gasteiger partial charge in [-0.15, -0.1) is 0 Å². The van der Waals surface area contributed by atoms with Gasteiger partial charge in [-0.2, -0.15) is 0 Å². The van der Waals surface area contributed by atoms with Gasteiger partial charge >= 0.3 is 0 Å². The molecular weight excluding hydrogens is 186 g/mol. The molecule has 0 fully saturated rings. The molecule has 1 unspecified atom stereocenters. The molecule has 0 radical (unpaired) electrons. The van der Waals surface area contributed by atoms with Crippen LogP contribution in [0.2, 0.25) is 0 Å². The van der Waals surface area contributed by atoms with E-state index in [1.165, 1.54) is 38.5 Å². The molecule has 1 atom stereocenters. The highest BCUT2D eigenvalue weighted by Gasteiger charge is 2.26. The van der Waals surface area contributed by atoms with E-state index in [9.17, 15) is 0 Å². The molecule has 0 aliphatic carbocycles. The van der Waals surface area contributed by atoms with Crippen LogP contribution in [0.1, 0.15) is 52.4 Å². The van der Waals surface area contributed by atoms with E-state index in [2.05, 4.69) is 19.2 Å². The number of ether oxygens (including phenoxy) is 1. The van der Waals surface area contributed by atoms with Crippen molar-refractivity contribution >= 4 is 0 Å². The van der Waals surface area contributed by atoms with Gasteiger partial charge in [-0.25, -0.2) is 0 Å². The highest BCUT2D eigenvalue weighted by atomic mass is 16.5. The van der Waals surface area contributed by atoms with Gasteiger partial charge in [-0.1, -0.05) is 39.5 Å². The largest absolute Gasteiger partial charge is 0.384 e. The summed E-state index contributed by atoms with van der Waals surface area (Å²) in [6, 6.07) is 0. The first-order chi connectivity index (χ1) is 7.24. The van der Waals surface area contributed by atoms with Crippen LogP contribution in [0.4, 0.5) is 0 Å². The molecule has 0 aliphatic rings.